The molecule has 122 valence electrons. The highest BCUT2D eigenvalue weighted by Crippen LogP contribution is 2.27. The van der Waals surface area contributed by atoms with Crippen molar-refractivity contribution in [1.29, 1.82) is 0 Å². The van der Waals surface area contributed by atoms with Gasteiger partial charge in [-0.3, -0.25) is 9.59 Å². The molecule has 0 aliphatic heterocycles. The number of carbonyl (C=O) groups is 2. The molecule has 0 bridgehead atoms. The summed E-state index contributed by atoms with van der Waals surface area (Å²) in [7, 11) is 1.52. The summed E-state index contributed by atoms with van der Waals surface area (Å²) in [5.74, 6) is -0.267. The molecule has 6 nitrogen and oxygen atoms in total. The van der Waals surface area contributed by atoms with Crippen LogP contribution in [0.1, 0.15) is 32.8 Å². The number of hydrogen-bond donors (Lipinski definition) is 2. The van der Waals surface area contributed by atoms with Crippen molar-refractivity contribution in [3.05, 3.63) is 23.8 Å². The zero-order chi connectivity index (χ0) is 16.8. The molecule has 0 aliphatic carbocycles. The SMILES string of the molecule is CCOC(=O)CC(=O)NC(C)(C)Cc1ccc(O)cc1OC. The van der Waals surface area contributed by atoms with Crippen LogP contribution in [-0.2, 0) is 20.7 Å². The standard InChI is InChI=1S/C16H23NO5/c1-5-22-15(20)9-14(19)17-16(2,3)10-11-6-7-12(18)8-13(11)21-4/h6-8,18H,5,9-10H2,1-4H3,(H,17,19). The van der Waals surface area contributed by atoms with Gasteiger partial charge in [0.2, 0.25) is 5.91 Å². The van der Waals surface area contributed by atoms with Crippen LogP contribution in [0.25, 0.3) is 0 Å². The molecule has 6 heteroatoms. The molecule has 1 rings (SSSR count). The molecule has 2 N–H and O–H groups in total. The average Bonchev–Trinajstić information content (AvgIpc) is 2.39. The minimum Gasteiger partial charge on any atom is -0.508 e. The number of methoxy groups -OCH3 is 1. The quantitative estimate of drug-likeness (QED) is 0.592. The van der Waals surface area contributed by atoms with Crippen LogP contribution in [0.3, 0.4) is 0 Å². The Balaban J connectivity index is 2.71. The maximum atomic E-state index is 11.9. The number of nitrogens with one attached hydrogen (secondary N) is 1. The summed E-state index contributed by atoms with van der Waals surface area (Å²) in [5, 5.41) is 12.3. The highest BCUT2D eigenvalue weighted by molar-refractivity contribution is 5.94. The number of phenolic OH excluding ortho intramolecular Hbond substituents is 1. The van der Waals surface area contributed by atoms with Gasteiger partial charge in [0.25, 0.3) is 0 Å². The molecular formula is C16H23NO5. The number of esters is 1. The maximum Gasteiger partial charge on any atom is 0.315 e. The maximum absolute atomic E-state index is 11.9. The Kier molecular flexibility index (Phi) is 6.22. The molecule has 0 aromatic heterocycles. The Morgan fingerprint density at radius 3 is 2.59 bits per heavy atom. The molecule has 0 atom stereocenters. The Morgan fingerprint density at radius 2 is 2.00 bits per heavy atom. The normalized spacial score (nSPS) is 10.9. The summed E-state index contributed by atoms with van der Waals surface area (Å²) in [6, 6.07) is 4.83. The number of carbonyl (C=O) groups excluding carboxylic acids is 2. The van der Waals surface area contributed by atoms with Crippen LogP contribution >= 0.6 is 0 Å². The van der Waals surface area contributed by atoms with Crippen molar-refractivity contribution in [1.82, 2.24) is 5.32 Å². The number of phenols is 1. The first-order valence-electron chi connectivity index (χ1n) is 7.10. The molecule has 0 heterocycles. The van der Waals surface area contributed by atoms with E-state index < -0.39 is 11.5 Å². The minimum absolute atomic E-state index is 0.116. The lowest BCUT2D eigenvalue weighted by Crippen LogP contribution is -2.45. The lowest BCUT2D eigenvalue weighted by molar-refractivity contribution is -0.146. The highest BCUT2D eigenvalue weighted by atomic mass is 16.5. The van der Waals surface area contributed by atoms with Crippen LogP contribution in [0.4, 0.5) is 0 Å². The molecule has 1 aromatic rings. The number of ether oxygens (including phenoxy) is 2. The third kappa shape index (κ3) is 5.63. The molecule has 1 aromatic carbocycles. The van der Waals surface area contributed by atoms with Crippen molar-refractivity contribution in [3.63, 3.8) is 0 Å². The van der Waals surface area contributed by atoms with Crippen LogP contribution in [-0.4, -0.2) is 36.2 Å². The smallest absolute Gasteiger partial charge is 0.315 e. The van der Waals surface area contributed by atoms with E-state index in [2.05, 4.69) is 5.32 Å². The molecule has 0 saturated carbocycles. The topological polar surface area (TPSA) is 84.9 Å². The molecule has 0 saturated heterocycles. The molecule has 22 heavy (non-hydrogen) atoms. The van der Waals surface area contributed by atoms with E-state index in [0.717, 1.165) is 5.56 Å². The predicted octanol–water partition coefficient (Wildman–Crippen LogP) is 1.79. The fourth-order valence-electron chi connectivity index (χ4n) is 2.16. The van der Waals surface area contributed by atoms with E-state index in [1.165, 1.54) is 13.2 Å². The summed E-state index contributed by atoms with van der Waals surface area (Å²) in [5.41, 5.74) is 0.273. The first-order chi connectivity index (χ1) is 10.3. The Bertz CT molecular complexity index is 539. The van der Waals surface area contributed by atoms with Crippen molar-refractivity contribution in [2.75, 3.05) is 13.7 Å². The largest absolute Gasteiger partial charge is 0.508 e. The molecule has 0 fully saturated rings. The zero-order valence-electron chi connectivity index (χ0n) is 13.4. The first-order valence-corrected chi connectivity index (χ1v) is 7.10. The van der Waals surface area contributed by atoms with E-state index in [-0.39, 0.29) is 24.7 Å². The van der Waals surface area contributed by atoms with Gasteiger partial charge in [-0.05, 0) is 38.8 Å². The molecule has 0 aliphatic rings. The monoisotopic (exact) mass is 309 g/mol. The van der Waals surface area contributed by atoms with Crippen molar-refractivity contribution < 1.29 is 24.2 Å². The van der Waals surface area contributed by atoms with Gasteiger partial charge in [0.1, 0.15) is 17.9 Å². The van der Waals surface area contributed by atoms with Crippen molar-refractivity contribution in [2.24, 2.45) is 0 Å². The lowest BCUT2D eigenvalue weighted by Gasteiger charge is -2.27. The second-order valence-corrected chi connectivity index (χ2v) is 5.59. The van der Waals surface area contributed by atoms with Gasteiger partial charge in [-0.25, -0.2) is 0 Å². The number of hydrogen-bond acceptors (Lipinski definition) is 5. The van der Waals surface area contributed by atoms with Crippen molar-refractivity contribution in [2.45, 2.75) is 39.2 Å². The zero-order valence-corrected chi connectivity index (χ0v) is 13.4. The first kappa shape index (κ1) is 17.8. The molecule has 0 spiro atoms. The van der Waals surface area contributed by atoms with E-state index >= 15 is 0 Å². The van der Waals surface area contributed by atoms with Gasteiger partial charge in [-0.1, -0.05) is 6.07 Å². The fraction of sp³-hybridized carbons (Fsp3) is 0.500. The predicted molar refractivity (Wildman–Crippen MR) is 81.8 cm³/mol. The summed E-state index contributed by atoms with van der Waals surface area (Å²) in [4.78, 5) is 23.2. The Morgan fingerprint density at radius 1 is 1.32 bits per heavy atom. The van der Waals surface area contributed by atoms with Gasteiger partial charge in [0.05, 0.1) is 13.7 Å². The summed E-state index contributed by atoms with van der Waals surface area (Å²) in [6.45, 7) is 5.64. The number of rotatable bonds is 7. The molecule has 0 radical (unpaired) electrons. The van der Waals surface area contributed by atoms with Crippen molar-refractivity contribution >= 4 is 11.9 Å². The Labute approximate surface area is 130 Å². The third-order valence-corrected chi connectivity index (χ3v) is 2.99. The van der Waals surface area contributed by atoms with Crippen molar-refractivity contribution in [3.8, 4) is 11.5 Å². The van der Waals surface area contributed by atoms with Crippen LogP contribution in [0, 0.1) is 0 Å². The molecular weight excluding hydrogens is 286 g/mol. The van der Waals surface area contributed by atoms with Crippen LogP contribution < -0.4 is 10.1 Å². The van der Waals surface area contributed by atoms with Gasteiger partial charge in [-0.2, -0.15) is 0 Å². The van der Waals surface area contributed by atoms with Gasteiger partial charge < -0.3 is 19.9 Å². The lowest BCUT2D eigenvalue weighted by atomic mass is 9.94. The average molecular weight is 309 g/mol. The van der Waals surface area contributed by atoms with Gasteiger partial charge in [0, 0.05) is 11.6 Å². The number of benzene rings is 1. The van der Waals surface area contributed by atoms with E-state index in [1.54, 1.807) is 19.1 Å². The van der Waals surface area contributed by atoms with Crippen LogP contribution in [0.2, 0.25) is 0 Å². The summed E-state index contributed by atoms with van der Waals surface area (Å²) in [6.07, 6.45) is 0.189. The number of aromatic hydroxyl groups is 1. The highest BCUT2D eigenvalue weighted by Gasteiger charge is 2.24. The number of amides is 1. The van der Waals surface area contributed by atoms with Gasteiger partial charge in [-0.15, -0.1) is 0 Å². The van der Waals surface area contributed by atoms with E-state index in [1.807, 2.05) is 13.8 Å². The summed E-state index contributed by atoms with van der Waals surface area (Å²) < 4.78 is 9.97. The van der Waals surface area contributed by atoms with Crippen LogP contribution in [0.5, 0.6) is 11.5 Å². The fourth-order valence-corrected chi connectivity index (χ4v) is 2.16. The Hall–Kier alpha value is -2.24. The molecule has 0 unspecified atom stereocenters. The minimum atomic E-state index is -0.576. The van der Waals surface area contributed by atoms with Gasteiger partial charge in [0.15, 0.2) is 0 Å². The second kappa shape index (κ2) is 7.68. The second-order valence-electron chi connectivity index (χ2n) is 5.59. The third-order valence-electron chi connectivity index (χ3n) is 2.99. The van der Waals surface area contributed by atoms with E-state index in [4.69, 9.17) is 9.47 Å². The summed E-state index contributed by atoms with van der Waals surface area (Å²) >= 11 is 0. The molecule has 1 amide bonds. The van der Waals surface area contributed by atoms with E-state index in [9.17, 15) is 14.7 Å². The van der Waals surface area contributed by atoms with Crippen LogP contribution in [0.15, 0.2) is 18.2 Å². The van der Waals surface area contributed by atoms with Gasteiger partial charge >= 0.3 is 5.97 Å². The van der Waals surface area contributed by atoms with E-state index in [0.29, 0.717) is 12.2 Å².